The van der Waals surface area contributed by atoms with Crippen LogP contribution in [0.1, 0.15) is 52.4 Å². The molecule has 21 heavy (non-hydrogen) atoms. The number of hydrogen-bond donors (Lipinski definition) is 1. The van der Waals surface area contributed by atoms with E-state index < -0.39 is 0 Å². The number of hydrogen-bond acceptors (Lipinski definition) is 3. The molecule has 0 aliphatic heterocycles. The first-order valence-electron chi connectivity index (χ1n) is 9.02. The molecule has 3 nitrogen and oxygen atoms in total. The summed E-state index contributed by atoms with van der Waals surface area (Å²) in [6, 6.07) is 0.356. The van der Waals surface area contributed by atoms with Crippen molar-refractivity contribution in [3.05, 3.63) is 0 Å². The molecule has 0 aromatic heterocycles. The standard InChI is InChI=1S/C18H34N2O/c1-13(2)21-5-4-20(3)12-17(19)18-9-14-6-15(10-18)8-16(7-14)11-18/h13-17H,4-12,19H2,1-3H3. The molecule has 0 saturated heterocycles. The maximum absolute atomic E-state index is 6.72. The van der Waals surface area contributed by atoms with Crippen LogP contribution in [0.2, 0.25) is 0 Å². The second kappa shape index (κ2) is 6.17. The number of ether oxygens (including phenoxy) is 1. The van der Waals surface area contributed by atoms with Crippen LogP contribution in [0.4, 0.5) is 0 Å². The average Bonchev–Trinajstić information content (AvgIpc) is 2.36. The lowest BCUT2D eigenvalue weighted by atomic mass is 9.48. The van der Waals surface area contributed by atoms with Gasteiger partial charge in [0.15, 0.2) is 0 Å². The maximum Gasteiger partial charge on any atom is 0.0596 e. The molecule has 4 rings (SSSR count). The van der Waals surface area contributed by atoms with E-state index in [2.05, 4.69) is 25.8 Å². The summed E-state index contributed by atoms with van der Waals surface area (Å²) in [5, 5.41) is 0. The highest BCUT2D eigenvalue weighted by Gasteiger charge is 2.53. The van der Waals surface area contributed by atoms with E-state index in [-0.39, 0.29) is 0 Å². The molecule has 0 aromatic carbocycles. The summed E-state index contributed by atoms with van der Waals surface area (Å²) >= 11 is 0. The van der Waals surface area contributed by atoms with Crippen LogP contribution in [0.25, 0.3) is 0 Å². The van der Waals surface area contributed by atoms with Crippen LogP contribution >= 0.6 is 0 Å². The Labute approximate surface area is 130 Å². The van der Waals surface area contributed by atoms with Gasteiger partial charge in [0.1, 0.15) is 0 Å². The molecule has 4 aliphatic rings. The lowest BCUT2D eigenvalue weighted by Crippen LogP contribution is -2.57. The van der Waals surface area contributed by atoms with Crippen molar-refractivity contribution in [2.75, 3.05) is 26.7 Å². The van der Waals surface area contributed by atoms with Gasteiger partial charge in [-0.05, 0) is 82.6 Å². The fourth-order valence-electron chi connectivity index (χ4n) is 5.70. The minimum Gasteiger partial charge on any atom is -0.377 e. The highest BCUT2D eigenvalue weighted by Crippen LogP contribution is 2.60. The van der Waals surface area contributed by atoms with E-state index in [9.17, 15) is 0 Å². The first-order chi connectivity index (χ1) is 9.97. The van der Waals surface area contributed by atoms with Crippen LogP contribution in [-0.2, 0) is 4.74 Å². The van der Waals surface area contributed by atoms with Gasteiger partial charge in [0.25, 0.3) is 0 Å². The first kappa shape index (κ1) is 15.8. The quantitative estimate of drug-likeness (QED) is 0.784. The SMILES string of the molecule is CC(C)OCCN(C)CC(N)C12CC3CC(CC(C3)C1)C2. The number of nitrogens with zero attached hydrogens (tertiary/aromatic N) is 1. The fraction of sp³-hybridized carbons (Fsp3) is 1.00. The number of likely N-dealkylation sites (N-methyl/N-ethyl adjacent to an activating group) is 1. The summed E-state index contributed by atoms with van der Waals surface area (Å²) in [5.74, 6) is 2.99. The molecule has 2 N–H and O–H groups in total. The third-order valence-electron chi connectivity index (χ3n) is 6.30. The van der Waals surface area contributed by atoms with Crippen molar-refractivity contribution < 1.29 is 4.74 Å². The number of rotatable bonds is 7. The Balaban J connectivity index is 1.52. The monoisotopic (exact) mass is 294 g/mol. The minimum absolute atomic E-state index is 0.329. The van der Waals surface area contributed by atoms with Crippen LogP contribution < -0.4 is 5.73 Å². The van der Waals surface area contributed by atoms with Crippen molar-refractivity contribution in [1.29, 1.82) is 0 Å². The van der Waals surface area contributed by atoms with Crippen molar-refractivity contribution in [3.63, 3.8) is 0 Å². The fourth-order valence-corrected chi connectivity index (χ4v) is 5.70. The molecule has 1 unspecified atom stereocenters. The molecule has 0 amide bonds. The molecule has 4 bridgehead atoms. The second-order valence-electron chi connectivity index (χ2n) is 8.57. The van der Waals surface area contributed by atoms with E-state index in [0.717, 1.165) is 37.5 Å². The zero-order valence-corrected chi connectivity index (χ0v) is 14.2. The van der Waals surface area contributed by atoms with Crippen LogP contribution in [-0.4, -0.2) is 43.8 Å². The van der Waals surface area contributed by atoms with Gasteiger partial charge in [-0.3, -0.25) is 0 Å². The van der Waals surface area contributed by atoms with Gasteiger partial charge in [-0.15, -0.1) is 0 Å². The molecule has 4 aliphatic carbocycles. The summed E-state index contributed by atoms with van der Waals surface area (Å²) in [4.78, 5) is 2.38. The summed E-state index contributed by atoms with van der Waals surface area (Å²) < 4.78 is 5.66. The Bertz CT molecular complexity index is 320. The lowest BCUT2D eigenvalue weighted by molar-refractivity contribution is -0.0714. The van der Waals surface area contributed by atoms with Crippen LogP contribution in [0, 0.1) is 23.2 Å². The second-order valence-corrected chi connectivity index (χ2v) is 8.57. The normalized spacial score (nSPS) is 39.4. The first-order valence-corrected chi connectivity index (χ1v) is 9.02. The molecular weight excluding hydrogens is 260 g/mol. The van der Waals surface area contributed by atoms with Crippen molar-refractivity contribution in [2.45, 2.75) is 64.5 Å². The molecule has 122 valence electrons. The summed E-state index contributed by atoms with van der Waals surface area (Å²) in [5.41, 5.74) is 7.20. The van der Waals surface area contributed by atoms with Crippen LogP contribution in [0.15, 0.2) is 0 Å². The third kappa shape index (κ3) is 3.46. The third-order valence-corrected chi connectivity index (χ3v) is 6.30. The minimum atomic E-state index is 0.329. The van der Waals surface area contributed by atoms with E-state index in [4.69, 9.17) is 10.5 Å². The molecule has 4 fully saturated rings. The summed E-state index contributed by atoms with van der Waals surface area (Å²) in [6.45, 7) is 7.05. The molecule has 3 heteroatoms. The molecule has 0 radical (unpaired) electrons. The van der Waals surface area contributed by atoms with Gasteiger partial charge in [0.05, 0.1) is 12.7 Å². The Kier molecular flexibility index (Phi) is 4.63. The highest BCUT2D eigenvalue weighted by molar-refractivity contribution is 5.05. The average molecular weight is 294 g/mol. The number of nitrogens with two attached hydrogens (primary N) is 1. The topological polar surface area (TPSA) is 38.5 Å². The van der Waals surface area contributed by atoms with Gasteiger partial charge >= 0.3 is 0 Å². The van der Waals surface area contributed by atoms with Crippen molar-refractivity contribution in [2.24, 2.45) is 28.9 Å². The van der Waals surface area contributed by atoms with Gasteiger partial charge in [-0.25, -0.2) is 0 Å². The van der Waals surface area contributed by atoms with Gasteiger partial charge in [0, 0.05) is 19.1 Å². The smallest absolute Gasteiger partial charge is 0.0596 e. The predicted octanol–water partition coefficient (Wildman–Crippen LogP) is 2.89. The molecule has 0 spiro atoms. The Morgan fingerprint density at radius 2 is 1.62 bits per heavy atom. The molecule has 0 aromatic rings. The van der Waals surface area contributed by atoms with Crippen molar-refractivity contribution in [3.8, 4) is 0 Å². The largest absolute Gasteiger partial charge is 0.377 e. The molecule has 0 heterocycles. The molecule has 1 atom stereocenters. The zero-order valence-electron chi connectivity index (χ0n) is 14.2. The highest BCUT2D eigenvalue weighted by atomic mass is 16.5. The van der Waals surface area contributed by atoms with E-state index in [1.807, 2.05) is 0 Å². The zero-order chi connectivity index (χ0) is 15.0. The van der Waals surface area contributed by atoms with Crippen molar-refractivity contribution in [1.82, 2.24) is 4.90 Å². The lowest BCUT2D eigenvalue weighted by Gasteiger charge is -2.59. The van der Waals surface area contributed by atoms with E-state index in [0.29, 0.717) is 17.6 Å². The summed E-state index contributed by atoms with van der Waals surface area (Å²) in [6.07, 6.45) is 9.08. The van der Waals surface area contributed by atoms with Crippen LogP contribution in [0.3, 0.4) is 0 Å². The predicted molar refractivity (Wildman–Crippen MR) is 87.2 cm³/mol. The maximum atomic E-state index is 6.72. The van der Waals surface area contributed by atoms with Gasteiger partial charge < -0.3 is 15.4 Å². The molecule has 4 saturated carbocycles. The van der Waals surface area contributed by atoms with Crippen molar-refractivity contribution >= 4 is 0 Å². The van der Waals surface area contributed by atoms with Gasteiger partial charge in [-0.2, -0.15) is 0 Å². The van der Waals surface area contributed by atoms with Gasteiger partial charge in [-0.1, -0.05) is 0 Å². The van der Waals surface area contributed by atoms with E-state index >= 15 is 0 Å². The Morgan fingerprint density at radius 3 is 2.10 bits per heavy atom. The Hall–Kier alpha value is -0.120. The molecular formula is C18H34N2O. The van der Waals surface area contributed by atoms with E-state index in [1.54, 1.807) is 0 Å². The van der Waals surface area contributed by atoms with Crippen LogP contribution in [0.5, 0.6) is 0 Å². The summed E-state index contributed by atoms with van der Waals surface area (Å²) in [7, 11) is 2.20. The Morgan fingerprint density at radius 1 is 1.10 bits per heavy atom. The van der Waals surface area contributed by atoms with Gasteiger partial charge in [0.2, 0.25) is 0 Å². The van der Waals surface area contributed by atoms with E-state index in [1.165, 1.54) is 38.5 Å².